The summed E-state index contributed by atoms with van der Waals surface area (Å²) in [4.78, 5) is 25.3. The molecule has 42 heavy (non-hydrogen) atoms. The Kier molecular flexibility index (Phi) is 10.4. The first-order valence-electron chi connectivity index (χ1n) is 13.6. The highest BCUT2D eigenvalue weighted by Gasteiger charge is 2.13. The maximum Gasteiger partial charge on any atom is 0.224 e. The van der Waals surface area contributed by atoms with Crippen molar-refractivity contribution < 1.29 is 28.5 Å². The smallest absolute Gasteiger partial charge is 0.224 e. The Labute approximate surface area is 246 Å². The van der Waals surface area contributed by atoms with Gasteiger partial charge in [0.15, 0.2) is 0 Å². The summed E-state index contributed by atoms with van der Waals surface area (Å²) in [6.07, 6.45) is 1.89. The fourth-order valence-corrected chi connectivity index (χ4v) is 4.47. The molecule has 8 heteroatoms. The minimum Gasteiger partial charge on any atom is -0.497 e. The molecule has 0 atom stereocenters. The van der Waals surface area contributed by atoms with Gasteiger partial charge in [-0.3, -0.25) is 9.59 Å². The average molecular weight is 569 g/mol. The molecule has 0 unspecified atom stereocenters. The third kappa shape index (κ3) is 8.04. The first kappa shape index (κ1) is 30.0. The van der Waals surface area contributed by atoms with Crippen LogP contribution in [0, 0.1) is 0 Å². The Hall–Kier alpha value is -4.98. The van der Waals surface area contributed by atoms with Gasteiger partial charge in [0, 0.05) is 12.8 Å². The van der Waals surface area contributed by atoms with Crippen molar-refractivity contribution in [2.24, 2.45) is 0 Å². The summed E-state index contributed by atoms with van der Waals surface area (Å²) in [5.74, 6) is 2.44. The topological polar surface area (TPSA) is 95.1 Å². The lowest BCUT2D eigenvalue weighted by Gasteiger charge is -2.15. The minimum atomic E-state index is -0.106. The second-order valence-corrected chi connectivity index (χ2v) is 9.62. The van der Waals surface area contributed by atoms with Gasteiger partial charge in [-0.25, -0.2) is 0 Å². The van der Waals surface area contributed by atoms with Crippen LogP contribution in [-0.4, -0.2) is 40.3 Å². The van der Waals surface area contributed by atoms with Gasteiger partial charge in [0.05, 0.1) is 39.8 Å². The van der Waals surface area contributed by atoms with Crippen molar-refractivity contribution in [2.75, 3.05) is 39.1 Å². The SMILES string of the molecule is COc1ccc(CCC(=O)Nc2ccc(-c3ccc(NC(=O)CCc4ccc(OC)cc4)c(OC)c3)cc2OC)cc1. The van der Waals surface area contributed by atoms with E-state index in [0.717, 1.165) is 33.8 Å². The number of carbonyl (C=O) groups is 2. The van der Waals surface area contributed by atoms with Crippen LogP contribution in [0.1, 0.15) is 24.0 Å². The zero-order chi connectivity index (χ0) is 29.9. The van der Waals surface area contributed by atoms with Crippen LogP contribution in [0.3, 0.4) is 0 Å². The van der Waals surface area contributed by atoms with E-state index in [4.69, 9.17) is 18.9 Å². The van der Waals surface area contributed by atoms with Crippen LogP contribution in [0.4, 0.5) is 11.4 Å². The van der Waals surface area contributed by atoms with Crippen molar-refractivity contribution in [3.63, 3.8) is 0 Å². The summed E-state index contributed by atoms with van der Waals surface area (Å²) < 4.78 is 21.5. The number of benzene rings is 4. The molecule has 0 aliphatic carbocycles. The average Bonchev–Trinajstić information content (AvgIpc) is 3.03. The lowest BCUT2D eigenvalue weighted by molar-refractivity contribution is -0.117. The van der Waals surface area contributed by atoms with Gasteiger partial charge in [0.25, 0.3) is 0 Å². The Bertz CT molecular complexity index is 1380. The number of carbonyl (C=O) groups excluding carboxylic acids is 2. The van der Waals surface area contributed by atoms with Gasteiger partial charge in [-0.1, -0.05) is 36.4 Å². The van der Waals surface area contributed by atoms with E-state index in [-0.39, 0.29) is 11.8 Å². The molecule has 2 N–H and O–H groups in total. The van der Waals surface area contributed by atoms with E-state index in [1.807, 2.05) is 84.9 Å². The molecule has 218 valence electrons. The fourth-order valence-electron chi connectivity index (χ4n) is 4.47. The molecule has 0 radical (unpaired) electrons. The van der Waals surface area contributed by atoms with Gasteiger partial charge in [-0.2, -0.15) is 0 Å². The number of amides is 2. The van der Waals surface area contributed by atoms with Crippen molar-refractivity contribution >= 4 is 23.2 Å². The summed E-state index contributed by atoms with van der Waals surface area (Å²) in [5.41, 5.74) is 5.04. The number of hydrogen-bond acceptors (Lipinski definition) is 6. The van der Waals surface area contributed by atoms with Crippen LogP contribution in [-0.2, 0) is 22.4 Å². The zero-order valence-corrected chi connectivity index (χ0v) is 24.4. The van der Waals surface area contributed by atoms with Crippen LogP contribution < -0.4 is 29.6 Å². The van der Waals surface area contributed by atoms with E-state index in [0.29, 0.717) is 48.6 Å². The van der Waals surface area contributed by atoms with Crippen molar-refractivity contribution in [3.8, 4) is 34.1 Å². The molecule has 0 aliphatic heterocycles. The second-order valence-electron chi connectivity index (χ2n) is 9.62. The third-order valence-electron chi connectivity index (χ3n) is 6.88. The van der Waals surface area contributed by atoms with E-state index in [1.54, 1.807) is 28.4 Å². The quantitative estimate of drug-likeness (QED) is 0.190. The van der Waals surface area contributed by atoms with Crippen LogP contribution in [0.15, 0.2) is 84.9 Å². The Morgan fingerprint density at radius 2 is 0.905 bits per heavy atom. The molecule has 8 nitrogen and oxygen atoms in total. The normalized spacial score (nSPS) is 10.5. The van der Waals surface area contributed by atoms with Gasteiger partial charge in [0.1, 0.15) is 23.0 Å². The number of hydrogen-bond donors (Lipinski definition) is 2. The molecule has 2 amide bonds. The first-order valence-corrected chi connectivity index (χ1v) is 13.6. The van der Waals surface area contributed by atoms with Gasteiger partial charge in [0.2, 0.25) is 11.8 Å². The number of nitrogens with one attached hydrogen (secondary N) is 2. The van der Waals surface area contributed by atoms with E-state index >= 15 is 0 Å². The van der Waals surface area contributed by atoms with E-state index in [9.17, 15) is 9.59 Å². The molecule has 0 saturated heterocycles. The monoisotopic (exact) mass is 568 g/mol. The molecule has 4 aromatic carbocycles. The van der Waals surface area contributed by atoms with E-state index in [1.165, 1.54) is 0 Å². The highest BCUT2D eigenvalue weighted by Crippen LogP contribution is 2.35. The van der Waals surface area contributed by atoms with Gasteiger partial charge < -0.3 is 29.6 Å². The summed E-state index contributed by atoms with van der Waals surface area (Å²) in [6.45, 7) is 0. The maximum absolute atomic E-state index is 12.6. The molecule has 0 bridgehead atoms. The lowest BCUT2D eigenvalue weighted by atomic mass is 10.0. The molecule has 0 fully saturated rings. The molecular weight excluding hydrogens is 532 g/mol. The zero-order valence-electron chi connectivity index (χ0n) is 24.4. The van der Waals surface area contributed by atoms with E-state index in [2.05, 4.69) is 10.6 Å². The Morgan fingerprint density at radius 3 is 1.24 bits per heavy atom. The predicted octanol–water partition coefficient (Wildman–Crippen LogP) is 6.53. The van der Waals surface area contributed by atoms with Crippen LogP contribution in [0.5, 0.6) is 23.0 Å². The molecule has 4 aromatic rings. The summed E-state index contributed by atoms with van der Waals surface area (Å²) in [7, 11) is 6.38. The van der Waals surface area contributed by atoms with Crippen molar-refractivity contribution in [2.45, 2.75) is 25.7 Å². The third-order valence-corrected chi connectivity index (χ3v) is 6.88. The highest BCUT2D eigenvalue weighted by molar-refractivity contribution is 5.94. The molecular formula is C34H36N2O6. The van der Waals surface area contributed by atoms with E-state index < -0.39 is 0 Å². The van der Waals surface area contributed by atoms with Crippen LogP contribution in [0.25, 0.3) is 11.1 Å². The fraction of sp³-hybridized carbons (Fsp3) is 0.235. The van der Waals surface area contributed by atoms with Gasteiger partial charge >= 0.3 is 0 Å². The number of ether oxygens (including phenoxy) is 4. The van der Waals surface area contributed by atoms with Crippen LogP contribution >= 0.6 is 0 Å². The maximum atomic E-state index is 12.6. The standard InChI is InChI=1S/C34H36N2O6/c1-39-27-13-5-23(6-14-27)9-19-33(37)35-29-17-11-25(21-31(29)41-3)26-12-18-30(32(22-26)42-4)36-34(38)20-10-24-7-15-28(40-2)16-8-24/h5-8,11-18,21-22H,9-10,19-20H2,1-4H3,(H,35,37)(H,36,38). The number of rotatable bonds is 13. The molecule has 0 aliphatic rings. The van der Waals surface area contributed by atoms with Crippen molar-refractivity contribution in [1.29, 1.82) is 0 Å². The molecule has 0 saturated carbocycles. The summed E-state index contributed by atoms with van der Waals surface area (Å²) >= 11 is 0. The Morgan fingerprint density at radius 1 is 0.524 bits per heavy atom. The Balaban J connectivity index is 1.37. The molecule has 0 spiro atoms. The number of methoxy groups -OCH3 is 4. The molecule has 4 rings (SSSR count). The first-order chi connectivity index (χ1) is 20.4. The molecule has 0 aromatic heterocycles. The largest absolute Gasteiger partial charge is 0.497 e. The second kappa shape index (κ2) is 14.6. The number of anilines is 2. The predicted molar refractivity (Wildman–Crippen MR) is 165 cm³/mol. The number of aryl methyl sites for hydroxylation is 2. The molecule has 0 heterocycles. The van der Waals surface area contributed by atoms with Crippen molar-refractivity contribution in [3.05, 3.63) is 96.1 Å². The summed E-state index contributed by atoms with van der Waals surface area (Å²) in [6, 6.07) is 26.5. The van der Waals surface area contributed by atoms with Crippen molar-refractivity contribution in [1.82, 2.24) is 0 Å². The van der Waals surface area contributed by atoms with Gasteiger partial charge in [-0.05, 0) is 83.6 Å². The lowest BCUT2D eigenvalue weighted by Crippen LogP contribution is -2.13. The summed E-state index contributed by atoms with van der Waals surface area (Å²) in [5, 5.41) is 5.90. The highest BCUT2D eigenvalue weighted by atomic mass is 16.5. The van der Waals surface area contributed by atoms with Crippen LogP contribution in [0.2, 0.25) is 0 Å². The minimum absolute atomic E-state index is 0.106. The van der Waals surface area contributed by atoms with Gasteiger partial charge in [-0.15, -0.1) is 0 Å².